The van der Waals surface area contributed by atoms with E-state index in [-0.39, 0.29) is 11.2 Å². The van der Waals surface area contributed by atoms with Crippen LogP contribution in [0.15, 0.2) is 121 Å². The molecule has 2 aromatic heterocycles. The highest BCUT2D eigenvalue weighted by Gasteiger charge is 2.40. The summed E-state index contributed by atoms with van der Waals surface area (Å²) >= 11 is 0. The van der Waals surface area contributed by atoms with E-state index >= 15 is 0 Å². The van der Waals surface area contributed by atoms with Gasteiger partial charge in [-0.3, -0.25) is 4.90 Å². The molecule has 5 aromatic carbocycles. The second-order valence-corrected chi connectivity index (χ2v) is 13.9. The van der Waals surface area contributed by atoms with Gasteiger partial charge in [-0.25, -0.2) is 9.97 Å². The minimum absolute atomic E-state index is 0.185. The zero-order valence-corrected chi connectivity index (χ0v) is 28.8. The third-order valence-electron chi connectivity index (χ3n) is 10.2. The second kappa shape index (κ2) is 11.5. The summed E-state index contributed by atoms with van der Waals surface area (Å²) in [5.41, 5.74) is 16.2. The minimum Gasteiger partial charge on any atom is -0.506 e. The summed E-state index contributed by atoms with van der Waals surface area (Å²) in [6, 6.07) is 40.6. The molecule has 49 heavy (non-hydrogen) atoms. The zero-order valence-electron chi connectivity index (χ0n) is 28.8. The molecule has 0 radical (unpaired) electrons. The summed E-state index contributed by atoms with van der Waals surface area (Å²) in [4.78, 5) is 12.4. The molecular formula is C45H39N3O. The lowest BCUT2D eigenvalue weighted by Gasteiger charge is -2.43. The van der Waals surface area contributed by atoms with E-state index in [1.54, 1.807) is 6.07 Å². The molecule has 240 valence electrons. The Hall–Kier alpha value is -5.74. The van der Waals surface area contributed by atoms with Crippen LogP contribution in [0.25, 0.3) is 44.4 Å². The lowest BCUT2D eigenvalue weighted by Crippen LogP contribution is -2.32. The Kier molecular flexibility index (Phi) is 7.15. The second-order valence-electron chi connectivity index (χ2n) is 13.9. The number of phenolic OH excluding ortho intramolecular Hbond substituents is 1. The molecule has 0 amide bonds. The van der Waals surface area contributed by atoms with Crippen LogP contribution in [0.4, 0.5) is 17.2 Å². The Bertz CT molecular complexity index is 2400. The number of nitrogens with zero attached hydrogens (tertiary/aromatic N) is 3. The van der Waals surface area contributed by atoms with Gasteiger partial charge in [-0.2, -0.15) is 0 Å². The predicted octanol–water partition coefficient (Wildman–Crippen LogP) is 11.7. The number of fused-ring (bicyclic) bond motifs is 3. The maximum absolute atomic E-state index is 10.9. The van der Waals surface area contributed by atoms with Crippen molar-refractivity contribution in [3.05, 3.63) is 155 Å². The smallest absolute Gasteiger partial charge is 0.141 e. The van der Waals surface area contributed by atoms with E-state index in [0.29, 0.717) is 5.52 Å². The van der Waals surface area contributed by atoms with E-state index in [0.717, 1.165) is 45.0 Å². The first-order chi connectivity index (χ1) is 23.6. The van der Waals surface area contributed by atoms with E-state index in [2.05, 4.69) is 144 Å². The molecule has 3 heterocycles. The fraction of sp³-hybridized carbons (Fsp3) is 0.156. The van der Waals surface area contributed by atoms with Crippen molar-refractivity contribution in [1.29, 1.82) is 0 Å². The number of anilines is 3. The summed E-state index contributed by atoms with van der Waals surface area (Å²) < 4.78 is 0. The van der Waals surface area contributed by atoms with Crippen molar-refractivity contribution in [3.8, 4) is 39.3 Å². The lowest BCUT2D eigenvalue weighted by molar-refractivity contribution is 0.480. The van der Waals surface area contributed by atoms with E-state index in [1.807, 2.05) is 18.3 Å². The van der Waals surface area contributed by atoms with Crippen LogP contribution >= 0.6 is 0 Å². The molecule has 7 aromatic rings. The standard InChI is InChI=1S/C45H39N3O/c1-27-20-21-46-41(22-27)48-38-15-11-10-14-36(38)45(5,6)43-35(42-29(3)23-32(24-30(42)4)31-12-8-7-9-13-31)25-33(26-39(43)48)37-18-17-34-28(2)16-19-40(49)44(34)47-37/h7-26,49H,1-6H3. The summed E-state index contributed by atoms with van der Waals surface area (Å²) in [7, 11) is 0. The Labute approximate surface area is 288 Å². The number of rotatable bonds is 4. The Balaban J connectivity index is 1.47. The van der Waals surface area contributed by atoms with E-state index in [1.165, 1.54) is 44.5 Å². The molecule has 0 spiro atoms. The van der Waals surface area contributed by atoms with Crippen LogP contribution in [0.2, 0.25) is 0 Å². The normalized spacial score (nSPS) is 13.3. The van der Waals surface area contributed by atoms with Gasteiger partial charge in [0.25, 0.3) is 0 Å². The molecule has 8 rings (SSSR count). The summed E-state index contributed by atoms with van der Waals surface area (Å²) in [5, 5.41) is 11.8. The van der Waals surface area contributed by atoms with Gasteiger partial charge in [0.1, 0.15) is 17.1 Å². The average Bonchev–Trinajstić information content (AvgIpc) is 3.10. The van der Waals surface area contributed by atoms with E-state index in [4.69, 9.17) is 9.97 Å². The van der Waals surface area contributed by atoms with Gasteiger partial charge in [-0.1, -0.05) is 86.6 Å². The van der Waals surface area contributed by atoms with Crippen molar-refractivity contribution in [3.63, 3.8) is 0 Å². The number of hydrogen-bond donors (Lipinski definition) is 1. The van der Waals surface area contributed by atoms with Crippen molar-refractivity contribution >= 4 is 28.1 Å². The largest absolute Gasteiger partial charge is 0.506 e. The first kappa shape index (κ1) is 30.6. The van der Waals surface area contributed by atoms with Crippen LogP contribution in [0.3, 0.4) is 0 Å². The third kappa shape index (κ3) is 4.98. The van der Waals surface area contributed by atoms with E-state index in [9.17, 15) is 5.11 Å². The Morgan fingerprint density at radius 3 is 2.12 bits per heavy atom. The predicted molar refractivity (Wildman–Crippen MR) is 203 cm³/mol. The van der Waals surface area contributed by atoms with Crippen LogP contribution in [0, 0.1) is 27.7 Å². The van der Waals surface area contributed by atoms with Crippen molar-refractivity contribution in [2.24, 2.45) is 0 Å². The van der Waals surface area contributed by atoms with Crippen LogP contribution < -0.4 is 4.90 Å². The molecule has 1 aliphatic rings. The molecule has 4 heteroatoms. The molecule has 0 unspecified atom stereocenters. The minimum atomic E-state index is -0.330. The number of benzene rings is 5. The number of para-hydroxylation sites is 1. The van der Waals surface area contributed by atoms with Gasteiger partial charge in [-0.15, -0.1) is 0 Å². The molecule has 0 atom stereocenters. The molecule has 1 N–H and O–H groups in total. The zero-order chi connectivity index (χ0) is 34.0. The number of aryl methyl sites for hydroxylation is 4. The maximum atomic E-state index is 10.9. The first-order valence-corrected chi connectivity index (χ1v) is 16.9. The fourth-order valence-electron chi connectivity index (χ4n) is 7.85. The van der Waals surface area contributed by atoms with Gasteiger partial charge in [0.15, 0.2) is 0 Å². The highest BCUT2D eigenvalue weighted by atomic mass is 16.3. The van der Waals surface area contributed by atoms with Crippen LogP contribution in [0.1, 0.15) is 47.2 Å². The highest BCUT2D eigenvalue weighted by Crippen LogP contribution is 2.56. The molecule has 0 bridgehead atoms. The van der Waals surface area contributed by atoms with Crippen molar-refractivity contribution in [1.82, 2.24) is 9.97 Å². The van der Waals surface area contributed by atoms with Gasteiger partial charge in [0.05, 0.1) is 17.1 Å². The van der Waals surface area contributed by atoms with Crippen molar-refractivity contribution < 1.29 is 5.11 Å². The van der Waals surface area contributed by atoms with Gasteiger partial charge in [0.2, 0.25) is 0 Å². The quantitative estimate of drug-likeness (QED) is 0.209. The molecule has 0 fully saturated rings. The number of pyridine rings is 2. The molecule has 0 aliphatic carbocycles. The number of phenols is 1. The highest BCUT2D eigenvalue weighted by molar-refractivity contribution is 5.95. The number of aromatic hydroxyl groups is 1. The van der Waals surface area contributed by atoms with Gasteiger partial charge < -0.3 is 5.11 Å². The Morgan fingerprint density at radius 2 is 1.37 bits per heavy atom. The fourth-order valence-corrected chi connectivity index (χ4v) is 7.85. The molecule has 0 saturated carbocycles. The van der Waals surface area contributed by atoms with Crippen LogP contribution in [-0.2, 0) is 5.41 Å². The van der Waals surface area contributed by atoms with Crippen molar-refractivity contribution in [2.75, 3.05) is 4.90 Å². The molecular weight excluding hydrogens is 599 g/mol. The molecule has 0 saturated heterocycles. The van der Waals surface area contributed by atoms with Crippen molar-refractivity contribution in [2.45, 2.75) is 47.0 Å². The topological polar surface area (TPSA) is 49.2 Å². The monoisotopic (exact) mass is 637 g/mol. The maximum Gasteiger partial charge on any atom is 0.141 e. The third-order valence-corrected chi connectivity index (χ3v) is 10.2. The van der Waals surface area contributed by atoms with E-state index < -0.39 is 0 Å². The van der Waals surface area contributed by atoms with Crippen LogP contribution in [-0.4, -0.2) is 15.1 Å². The molecule has 4 nitrogen and oxygen atoms in total. The molecule has 1 aliphatic heterocycles. The average molecular weight is 638 g/mol. The summed E-state index contributed by atoms with van der Waals surface area (Å²) in [6.07, 6.45) is 1.89. The van der Waals surface area contributed by atoms with Gasteiger partial charge >= 0.3 is 0 Å². The van der Waals surface area contributed by atoms with Gasteiger partial charge in [-0.05, 0) is 126 Å². The Morgan fingerprint density at radius 1 is 0.633 bits per heavy atom. The van der Waals surface area contributed by atoms with Gasteiger partial charge in [0, 0.05) is 22.6 Å². The SMILES string of the molecule is Cc1ccnc(N2c3ccccc3C(C)(C)c3c(-c4c(C)cc(-c5ccccc5)cc4C)cc(-c4ccc5c(C)ccc(O)c5n4)cc32)c1. The number of aromatic nitrogens is 2. The first-order valence-electron chi connectivity index (χ1n) is 16.9. The van der Waals surface area contributed by atoms with Crippen LogP contribution in [0.5, 0.6) is 5.75 Å². The lowest BCUT2D eigenvalue weighted by atomic mass is 9.69. The summed E-state index contributed by atoms with van der Waals surface area (Å²) in [5.74, 6) is 1.06. The summed E-state index contributed by atoms with van der Waals surface area (Å²) in [6.45, 7) is 13.3. The number of hydrogen-bond acceptors (Lipinski definition) is 4.